The summed E-state index contributed by atoms with van der Waals surface area (Å²) in [6.07, 6.45) is -3.29. The van der Waals surface area contributed by atoms with E-state index in [0.717, 1.165) is 16.2 Å². The molecule has 1 amide bonds. The quantitative estimate of drug-likeness (QED) is 0.655. The van der Waals surface area contributed by atoms with Gasteiger partial charge < -0.3 is 4.57 Å². The van der Waals surface area contributed by atoms with Crippen molar-refractivity contribution in [1.29, 1.82) is 0 Å². The molecule has 7 heteroatoms. The van der Waals surface area contributed by atoms with Crippen LogP contribution in [0.4, 0.5) is 13.2 Å². The zero-order valence-electron chi connectivity index (χ0n) is 7.42. The van der Waals surface area contributed by atoms with Crippen molar-refractivity contribution in [2.45, 2.75) is 13.1 Å². The molecule has 0 atom stereocenters. The van der Waals surface area contributed by atoms with Gasteiger partial charge in [0.05, 0.1) is 0 Å². The van der Waals surface area contributed by atoms with Gasteiger partial charge in [0, 0.05) is 18.1 Å². The molecular formula is C7H7F3N2OS. The van der Waals surface area contributed by atoms with E-state index in [4.69, 9.17) is 0 Å². The van der Waals surface area contributed by atoms with Crippen LogP contribution in [0.2, 0.25) is 0 Å². The first kappa shape index (κ1) is 11.0. The topological polar surface area (TPSA) is 34.4 Å². The van der Waals surface area contributed by atoms with Gasteiger partial charge in [-0.2, -0.15) is 18.2 Å². The number of nitrogens with zero attached hydrogens (tertiary/aromatic N) is 2. The van der Waals surface area contributed by atoms with Gasteiger partial charge in [-0.05, 0) is 6.92 Å². The molecule has 0 saturated carbocycles. The summed E-state index contributed by atoms with van der Waals surface area (Å²) in [5, 5.41) is 0. The zero-order chi connectivity index (χ0) is 10.9. The standard InChI is InChI=1S/C7H7F3N2OS/c1-4-3-12(2)6(14-4)11-5(13)7(8,9)10/h3H,1-2H3/b11-6-. The molecule has 0 radical (unpaired) electrons. The molecular weight excluding hydrogens is 217 g/mol. The summed E-state index contributed by atoms with van der Waals surface area (Å²) in [6, 6.07) is 0. The van der Waals surface area contributed by atoms with Crippen LogP contribution in [0.25, 0.3) is 0 Å². The maximum Gasteiger partial charge on any atom is 0.473 e. The molecule has 0 N–H and O–H groups in total. The minimum absolute atomic E-state index is 0.0461. The number of rotatable bonds is 0. The van der Waals surface area contributed by atoms with Gasteiger partial charge in [-0.1, -0.05) is 0 Å². The molecule has 1 heterocycles. The highest BCUT2D eigenvalue weighted by Gasteiger charge is 2.38. The van der Waals surface area contributed by atoms with Crippen molar-refractivity contribution in [2.24, 2.45) is 12.0 Å². The number of carbonyl (C=O) groups is 1. The average molecular weight is 224 g/mol. The van der Waals surface area contributed by atoms with Gasteiger partial charge in [-0.15, -0.1) is 11.3 Å². The molecule has 1 aromatic rings. The van der Waals surface area contributed by atoms with Crippen LogP contribution in [-0.2, 0) is 11.8 Å². The van der Waals surface area contributed by atoms with Crippen molar-refractivity contribution in [3.8, 4) is 0 Å². The van der Waals surface area contributed by atoms with Crippen LogP contribution in [-0.4, -0.2) is 16.7 Å². The molecule has 0 aliphatic carbocycles. The Labute approximate surface area is 81.5 Å². The second-order valence-electron chi connectivity index (χ2n) is 2.65. The number of hydrogen-bond acceptors (Lipinski definition) is 2. The molecule has 0 unspecified atom stereocenters. The molecule has 14 heavy (non-hydrogen) atoms. The van der Waals surface area contributed by atoms with E-state index in [-0.39, 0.29) is 4.80 Å². The Balaban J connectivity index is 3.12. The largest absolute Gasteiger partial charge is 0.473 e. The number of amides is 1. The molecule has 0 saturated heterocycles. The van der Waals surface area contributed by atoms with E-state index >= 15 is 0 Å². The summed E-state index contributed by atoms with van der Waals surface area (Å²) in [7, 11) is 1.53. The van der Waals surface area contributed by atoms with Crippen LogP contribution in [0.15, 0.2) is 11.2 Å². The van der Waals surface area contributed by atoms with Gasteiger partial charge in [-0.25, -0.2) is 0 Å². The molecule has 0 fully saturated rings. The molecule has 0 aromatic carbocycles. The predicted molar refractivity (Wildman–Crippen MR) is 44.7 cm³/mol. The Morgan fingerprint density at radius 1 is 1.57 bits per heavy atom. The lowest BCUT2D eigenvalue weighted by Crippen LogP contribution is -2.24. The monoisotopic (exact) mass is 224 g/mol. The van der Waals surface area contributed by atoms with Crippen molar-refractivity contribution in [3.63, 3.8) is 0 Å². The van der Waals surface area contributed by atoms with E-state index in [2.05, 4.69) is 4.99 Å². The Morgan fingerprint density at radius 3 is 2.50 bits per heavy atom. The van der Waals surface area contributed by atoms with E-state index in [1.165, 1.54) is 11.6 Å². The second kappa shape index (κ2) is 3.56. The summed E-state index contributed by atoms with van der Waals surface area (Å²) in [5.74, 6) is -2.07. The summed E-state index contributed by atoms with van der Waals surface area (Å²) < 4.78 is 36.9. The molecule has 0 aliphatic heterocycles. The van der Waals surface area contributed by atoms with Crippen LogP contribution in [0.5, 0.6) is 0 Å². The fourth-order valence-electron chi connectivity index (χ4n) is 0.822. The Kier molecular flexibility index (Phi) is 2.79. The summed E-state index contributed by atoms with van der Waals surface area (Å²) in [6.45, 7) is 1.72. The fourth-order valence-corrected chi connectivity index (χ4v) is 1.65. The maximum absolute atomic E-state index is 11.8. The lowest BCUT2D eigenvalue weighted by atomic mass is 10.6. The summed E-state index contributed by atoms with van der Waals surface area (Å²) in [4.78, 5) is 14.3. The average Bonchev–Trinajstić information content (AvgIpc) is 2.28. The third kappa shape index (κ3) is 2.44. The fraction of sp³-hybridized carbons (Fsp3) is 0.429. The van der Waals surface area contributed by atoms with Crippen LogP contribution >= 0.6 is 11.3 Å². The van der Waals surface area contributed by atoms with Gasteiger partial charge in [0.1, 0.15) is 0 Å². The smallest absolute Gasteiger partial charge is 0.326 e. The molecule has 1 rings (SSSR count). The minimum atomic E-state index is -4.90. The number of carbonyl (C=O) groups excluding carboxylic acids is 1. The SMILES string of the molecule is Cc1cn(C)/c(=N/C(=O)C(F)(F)F)s1. The molecule has 0 aliphatic rings. The van der Waals surface area contributed by atoms with Crippen molar-refractivity contribution < 1.29 is 18.0 Å². The van der Waals surface area contributed by atoms with E-state index in [1.807, 2.05) is 0 Å². The second-order valence-corrected chi connectivity index (χ2v) is 3.86. The van der Waals surface area contributed by atoms with Crippen molar-refractivity contribution >= 4 is 17.2 Å². The lowest BCUT2D eigenvalue weighted by Gasteiger charge is -1.97. The number of thiazole rings is 1. The molecule has 1 aromatic heterocycles. The Hall–Kier alpha value is -1.11. The van der Waals surface area contributed by atoms with E-state index in [0.29, 0.717) is 0 Å². The lowest BCUT2D eigenvalue weighted by molar-refractivity contribution is -0.169. The summed E-state index contributed by atoms with van der Waals surface area (Å²) in [5.41, 5.74) is 0. The first-order chi connectivity index (χ1) is 6.30. The maximum atomic E-state index is 11.8. The van der Waals surface area contributed by atoms with Gasteiger partial charge in [-0.3, -0.25) is 4.79 Å². The van der Waals surface area contributed by atoms with E-state index in [1.54, 1.807) is 13.1 Å². The highest BCUT2D eigenvalue weighted by atomic mass is 32.1. The zero-order valence-corrected chi connectivity index (χ0v) is 8.24. The van der Waals surface area contributed by atoms with Crippen LogP contribution in [0.3, 0.4) is 0 Å². The third-order valence-electron chi connectivity index (χ3n) is 1.37. The van der Waals surface area contributed by atoms with Crippen LogP contribution in [0, 0.1) is 6.92 Å². The third-order valence-corrected chi connectivity index (χ3v) is 2.36. The van der Waals surface area contributed by atoms with Gasteiger partial charge in [0.25, 0.3) is 0 Å². The highest BCUT2D eigenvalue weighted by molar-refractivity contribution is 7.09. The van der Waals surface area contributed by atoms with Crippen molar-refractivity contribution in [1.82, 2.24) is 4.57 Å². The number of hydrogen-bond donors (Lipinski definition) is 0. The van der Waals surface area contributed by atoms with Gasteiger partial charge in [0.2, 0.25) is 0 Å². The predicted octanol–water partition coefficient (Wildman–Crippen LogP) is 1.38. The number of halogens is 3. The van der Waals surface area contributed by atoms with E-state index in [9.17, 15) is 18.0 Å². The molecule has 78 valence electrons. The first-order valence-corrected chi connectivity index (χ1v) is 4.41. The van der Waals surface area contributed by atoms with Gasteiger partial charge in [0.15, 0.2) is 4.80 Å². The first-order valence-electron chi connectivity index (χ1n) is 3.59. The Morgan fingerprint density at radius 2 is 2.14 bits per heavy atom. The van der Waals surface area contributed by atoms with E-state index < -0.39 is 12.1 Å². The number of aromatic nitrogens is 1. The minimum Gasteiger partial charge on any atom is -0.326 e. The van der Waals surface area contributed by atoms with Crippen molar-refractivity contribution in [3.05, 3.63) is 15.9 Å². The molecule has 0 spiro atoms. The summed E-state index contributed by atoms with van der Waals surface area (Å²) >= 11 is 1.03. The van der Waals surface area contributed by atoms with Crippen LogP contribution in [0.1, 0.15) is 4.88 Å². The highest BCUT2D eigenvalue weighted by Crippen LogP contribution is 2.16. The van der Waals surface area contributed by atoms with Crippen LogP contribution < -0.4 is 4.80 Å². The normalized spacial score (nSPS) is 13.4. The van der Waals surface area contributed by atoms with Crippen molar-refractivity contribution in [2.75, 3.05) is 0 Å². The van der Waals surface area contributed by atoms with Gasteiger partial charge >= 0.3 is 12.1 Å². The number of alkyl halides is 3. The molecule has 3 nitrogen and oxygen atoms in total. The Bertz CT molecular complexity index is 415. The molecule has 0 bridgehead atoms. The number of aryl methyl sites for hydroxylation is 2.